The first-order chi connectivity index (χ1) is 8.43. The Kier molecular flexibility index (Phi) is 3.43. The summed E-state index contributed by atoms with van der Waals surface area (Å²) < 4.78 is 54.9. The number of rotatable bonds is 3. The SMILES string of the molecule is CCC(F)c1c[c]sc1-c1cc(C(F)(F)F)on1. The third-order valence-corrected chi connectivity index (χ3v) is 3.24. The highest BCUT2D eigenvalue weighted by Gasteiger charge is 2.36. The molecule has 1 atom stereocenters. The summed E-state index contributed by atoms with van der Waals surface area (Å²) in [6, 6.07) is 2.20. The van der Waals surface area contributed by atoms with E-state index in [1.54, 1.807) is 6.92 Å². The average Bonchev–Trinajstić information content (AvgIpc) is 2.94. The van der Waals surface area contributed by atoms with E-state index in [1.165, 1.54) is 6.07 Å². The van der Waals surface area contributed by atoms with Crippen LogP contribution in [0.15, 0.2) is 16.7 Å². The molecular weight excluding hydrogens is 270 g/mol. The van der Waals surface area contributed by atoms with Crippen molar-refractivity contribution in [2.45, 2.75) is 25.7 Å². The number of hydrogen-bond acceptors (Lipinski definition) is 3. The molecule has 2 rings (SSSR count). The quantitative estimate of drug-likeness (QED) is 0.764. The zero-order chi connectivity index (χ0) is 13.3. The molecule has 0 aliphatic heterocycles. The molecule has 1 unspecified atom stereocenters. The first-order valence-corrected chi connectivity index (χ1v) is 5.93. The van der Waals surface area contributed by atoms with Gasteiger partial charge in [0.25, 0.3) is 0 Å². The van der Waals surface area contributed by atoms with Crippen molar-refractivity contribution in [1.29, 1.82) is 0 Å². The molecule has 2 aromatic rings. The Bertz CT molecular complexity index is 531. The lowest BCUT2D eigenvalue weighted by Gasteiger charge is -2.04. The van der Waals surface area contributed by atoms with Gasteiger partial charge in [-0.2, -0.15) is 13.2 Å². The molecule has 1 radical (unpaired) electrons. The van der Waals surface area contributed by atoms with Gasteiger partial charge in [-0.25, -0.2) is 4.39 Å². The lowest BCUT2D eigenvalue weighted by atomic mass is 10.1. The minimum absolute atomic E-state index is 0.0142. The fourth-order valence-electron chi connectivity index (χ4n) is 1.44. The lowest BCUT2D eigenvalue weighted by Crippen LogP contribution is -2.02. The summed E-state index contributed by atoms with van der Waals surface area (Å²) in [5, 5.41) is 6.03. The zero-order valence-corrected chi connectivity index (χ0v) is 10.0. The molecule has 0 aromatic carbocycles. The van der Waals surface area contributed by atoms with Crippen LogP contribution in [0.2, 0.25) is 0 Å². The van der Waals surface area contributed by atoms with Gasteiger partial charge in [0.1, 0.15) is 11.9 Å². The predicted octanol–water partition coefficient (Wildman–Crippen LogP) is 4.64. The minimum Gasteiger partial charge on any atom is -0.351 e. The van der Waals surface area contributed by atoms with E-state index >= 15 is 0 Å². The fraction of sp³-hybridized carbons (Fsp3) is 0.364. The number of aromatic nitrogens is 1. The maximum absolute atomic E-state index is 13.6. The van der Waals surface area contributed by atoms with Gasteiger partial charge in [0, 0.05) is 17.0 Å². The molecule has 0 saturated carbocycles. The highest BCUT2D eigenvalue weighted by Crippen LogP contribution is 2.38. The van der Waals surface area contributed by atoms with Crippen molar-refractivity contribution >= 4 is 11.3 Å². The summed E-state index contributed by atoms with van der Waals surface area (Å²) in [5.41, 5.74) is 0.282. The smallest absolute Gasteiger partial charge is 0.351 e. The van der Waals surface area contributed by atoms with Crippen molar-refractivity contribution in [3.8, 4) is 10.6 Å². The van der Waals surface area contributed by atoms with Crippen molar-refractivity contribution in [1.82, 2.24) is 5.16 Å². The Morgan fingerprint density at radius 3 is 2.78 bits per heavy atom. The molecule has 97 valence electrons. The van der Waals surface area contributed by atoms with E-state index in [1.807, 2.05) is 0 Å². The molecule has 0 amide bonds. The van der Waals surface area contributed by atoms with Crippen molar-refractivity contribution in [3.05, 3.63) is 28.8 Å². The number of thiophene rings is 1. The predicted molar refractivity (Wildman–Crippen MR) is 57.8 cm³/mol. The van der Waals surface area contributed by atoms with Gasteiger partial charge in [0.15, 0.2) is 0 Å². The minimum atomic E-state index is -4.59. The number of halogens is 4. The van der Waals surface area contributed by atoms with Gasteiger partial charge >= 0.3 is 6.18 Å². The molecule has 2 nitrogen and oxygen atoms in total. The Morgan fingerprint density at radius 2 is 2.22 bits per heavy atom. The highest BCUT2D eigenvalue weighted by atomic mass is 32.1. The second kappa shape index (κ2) is 4.72. The van der Waals surface area contributed by atoms with Crippen molar-refractivity contribution in [3.63, 3.8) is 0 Å². The van der Waals surface area contributed by atoms with Crippen LogP contribution in [0.25, 0.3) is 10.6 Å². The Labute approximate surface area is 104 Å². The number of nitrogens with zero attached hydrogens (tertiary/aromatic N) is 1. The zero-order valence-electron chi connectivity index (χ0n) is 9.21. The molecule has 0 aliphatic rings. The average molecular weight is 278 g/mol. The Morgan fingerprint density at radius 1 is 1.50 bits per heavy atom. The fourth-order valence-corrected chi connectivity index (χ4v) is 2.25. The standard InChI is InChI=1S/C11H8F4NOS/c1-2-7(12)6-3-4-18-10(6)8-5-9(17-16-8)11(13,14)15/h3,5,7H,2H2,1H3. The van der Waals surface area contributed by atoms with Crippen LogP contribution in [0, 0.1) is 5.38 Å². The number of hydrogen-bond donors (Lipinski definition) is 0. The third-order valence-electron chi connectivity index (χ3n) is 2.36. The van der Waals surface area contributed by atoms with E-state index in [4.69, 9.17) is 0 Å². The van der Waals surface area contributed by atoms with E-state index in [-0.39, 0.29) is 12.1 Å². The molecule has 0 fully saturated rings. The monoisotopic (exact) mass is 278 g/mol. The van der Waals surface area contributed by atoms with Crippen LogP contribution < -0.4 is 0 Å². The van der Waals surface area contributed by atoms with E-state index in [0.717, 1.165) is 17.4 Å². The van der Waals surface area contributed by atoms with Gasteiger partial charge in [-0.05, 0) is 12.5 Å². The lowest BCUT2D eigenvalue weighted by molar-refractivity contribution is -0.155. The van der Waals surface area contributed by atoms with Crippen LogP contribution in [0.3, 0.4) is 0 Å². The second-order valence-electron chi connectivity index (χ2n) is 3.60. The molecule has 0 saturated heterocycles. The Balaban J connectivity index is 2.38. The van der Waals surface area contributed by atoms with Gasteiger partial charge in [-0.3, -0.25) is 0 Å². The normalized spacial score (nSPS) is 13.8. The van der Waals surface area contributed by atoms with Crippen LogP contribution >= 0.6 is 11.3 Å². The summed E-state index contributed by atoms with van der Waals surface area (Å²) in [6.07, 6.45) is -5.60. The summed E-state index contributed by atoms with van der Waals surface area (Å²) in [4.78, 5) is 0.323. The van der Waals surface area contributed by atoms with Crippen molar-refractivity contribution in [2.75, 3.05) is 0 Å². The first kappa shape index (κ1) is 13.1. The van der Waals surface area contributed by atoms with E-state index in [2.05, 4.69) is 15.1 Å². The summed E-state index contributed by atoms with van der Waals surface area (Å²) >= 11 is 1.02. The van der Waals surface area contributed by atoms with Gasteiger partial charge in [-0.15, -0.1) is 11.3 Å². The van der Waals surface area contributed by atoms with Crippen LogP contribution in [0.4, 0.5) is 17.6 Å². The van der Waals surface area contributed by atoms with Gasteiger partial charge in [-0.1, -0.05) is 12.1 Å². The summed E-state index contributed by atoms with van der Waals surface area (Å²) in [7, 11) is 0. The summed E-state index contributed by atoms with van der Waals surface area (Å²) in [5.74, 6) is -1.19. The van der Waals surface area contributed by atoms with Gasteiger partial charge in [0.05, 0.1) is 4.88 Å². The van der Waals surface area contributed by atoms with E-state index in [0.29, 0.717) is 10.4 Å². The van der Waals surface area contributed by atoms with E-state index in [9.17, 15) is 17.6 Å². The summed E-state index contributed by atoms with van der Waals surface area (Å²) in [6.45, 7) is 1.65. The van der Waals surface area contributed by atoms with Crippen LogP contribution in [-0.2, 0) is 6.18 Å². The van der Waals surface area contributed by atoms with Crippen molar-refractivity contribution < 1.29 is 22.1 Å². The first-order valence-electron chi connectivity index (χ1n) is 5.11. The van der Waals surface area contributed by atoms with Crippen LogP contribution in [0.1, 0.15) is 30.8 Å². The molecule has 2 aromatic heterocycles. The van der Waals surface area contributed by atoms with Gasteiger partial charge in [0.2, 0.25) is 5.76 Å². The topological polar surface area (TPSA) is 26.0 Å². The molecule has 18 heavy (non-hydrogen) atoms. The molecule has 2 heterocycles. The molecular formula is C11H8F4NOS. The molecule has 0 N–H and O–H groups in total. The van der Waals surface area contributed by atoms with Crippen molar-refractivity contribution in [2.24, 2.45) is 0 Å². The second-order valence-corrected chi connectivity index (χ2v) is 4.45. The largest absolute Gasteiger partial charge is 0.452 e. The van der Waals surface area contributed by atoms with Gasteiger partial charge < -0.3 is 4.52 Å². The number of alkyl halides is 4. The third kappa shape index (κ3) is 2.40. The van der Waals surface area contributed by atoms with Crippen LogP contribution in [0.5, 0.6) is 0 Å². The maximum Gasteiger partial charge on any atom is 0.452 e. The molecule has 0 spiro atoms. The van der Waals surface area contributed by atoms with Crippen LogP contribution in [-0.4, -0.2) is 5.16 Å². The van der Waals surface area contributed by atoms with E-state index < -0.39 is 18.1 Å². The Hall–Kier alpha value is -1.37. The molecule has 0 bridgehead atoms. The molecule has 7 heteroatoms. The maximum atomic E-state index is 13.6. The highest BCUT2D eigenvalue weighted by molar-refractivity contribution is 7.13. The molecule has 0 aliphatic carbocycles.